The van der Waals surface area contributed by atoms with E-state index in [9.17, 15) is 9.59 Å². The summed E-state index contributed by atoms with van der Waals surface area (Å²) in [5.41, 5.74) is 3.04. The zero-order valence-electron chi connectivity index (χ0n) is 18.4. The zero-order valence-corrected chi connectivity index (χ0v) is 19.2. The van der Waals surface area contributed by atoms with Crippen LogP contribution in [0.3, 0.4) is 0 Å². The fraction of sp³-hybridized carbons (Fsp3) is 0.292. The molecule has 32 heavy (non-hydrogen) atoms. The highest BCUT2D eigenvalue weighted by molar-refractivity contribution is 7.99. The van der Waals surface area contributed by atoms with Gasteiger partial charge in [0.05, 0.1) is 18.4 Å². The highest BCUT2D eigenvalue weighted by Gasteiger charge is 2.19. The first-order valence-electron chi connectivity index (χ1n) is 10.5. The number of aromatic nitrogens is 3. The van der Waals surface area contributed by atoms with Crippen molar-refractivity contribution >= 4 is 39.6 Å². The van der Waals surface area contributed by atoms with Gasteiger partial charge in [0.2, 0.25) is 5.91 Å². The monoisotopic (exact) mass is 450 g/mol. The number of carbonyl (C=O) groups excluding carboxylic acids is 1. The number of aryl methyl sites for hydroxylation is 1. The third-order valence-corrected chi connectivity index (χ3v) is 6.35. The SMILES string of the molecule is CCCn1c(SCC(=O)NCc2ccccc2)nc2c3cc(OC)ccc3n(C)c2c1=O. The summed E-state index contributed by atoms with van der Waals surface area (Å²) in [6.07, 6.45) is 0.790. The van der Waals surface area contributed by atoms with Crippen LogP contribution in [-0.2, 0) is 24.9 Å². The van der Waals surface area contributed by atoms with E-state index in [1.165, 1.54) is 11.8 Å². The number of nitrogens with zero attached hydrogens (tertiary/aromatic N) is 3. The third-order valence-electron chi connectivity index (χ3n) is 5.38. The Morgan fingerprint density at radius 1 is 1.19 bits per heavy atom. The molecule has 2 aromatic heterocycles. The molecule has 0 aliphatic rings. The number of methoxy groups -OCH3 is 1. The van der Waals surface area contributed by atoms with Gasteiger partial charge in [-0.2, -0.15) is 0 Å². The molecule has 7 nitrogen and oxygen atoms in total. The first-order chi connectivity index (χ1) is 15.5. The molecule has 0 aliphatic heterocycles. The Bertz CT molecular complexity index is 1330. The van der Waals surface area contributed by atoms with E-state index >= 15 is 0 Å². The Hall–Kier alpha value is -3.26. The van der Waals surface area contributed by atoms with E-state index in [0.717, 1.165) is 22.9 Å². The molecule has 2 heterocycles. The van der Waals surface area contributed by atoms with Crippen molar-refractivity contribution in [3.05, 3.63) is 64.4 Å². The van der Waals surface area contributed by atoms with Gasteiger partial charge in [0.25, 0.3) is 5.56 Å². The van der Waals surface area contributed by atoms with Gasteiger partial charge in [-0.05, 0) is 30.2 Å². The number of carbonyl (C=O) groups is 1. The number of benzene rings is 2. The Labute approximate surface area is 190 Å². The second-order valence-electron chi connectivity index (χ2n) is 7.54. The molecule has 0 aliphatic carbocycles. The van der Waals surface area contributed by atoms with Crippen LogP contribution >= 0.6 is 11.8 Å². The van der Waals surface area contributed by atoms with Crippen LogP contribution in [0.4, 0.5) is 0 Å². The van der Waals surface area contributed by atoms with E-state index in [0.29, 0.717) is 35.0 Å². The predicted molar refractivity (Wildman–Crippen MR) is 128 cm³/mol. The van der Waals surface area contributed by atoms with Crippen LogP contribution in [0.2, 0.25) is 0 Å². The van der Waals surface area contributed by atoms with Crippen LogP contribution in [0.5, 0.6) is 5.75 Å². The van der Waals surface area contributed by atoms with Crippen molar-refractivity contribution in [1.29, 1.82) is 0 Å². The first-order valence-corrected chi connectivity index (χ1v) is 11.5. The Balaban J connectivity index is 1.66. The molecular formula is C24H26N4O3S. The zero-order chi connectivity index (χ0) is 22.7. The average molecular weight is 451 g/mol. The molecule has 0 fully saturated rings. The van der Waals surface area contributed by atoms with Crippen molar-refractivity contribution < 1.29 is 9.53 Å². The van der Waals surface area contributed by atoms with Gasteiger partial charge in [-0.15, -0.1) is 0 Å². The number of hydrogen-bond acceptors (Lipinski definition) is 5. The number of fused-ring (bicyclic) bond motifs is 3. The lowest BCUT2D eigenvalue weighted by Gasteiger charge is -2.12. The second-order valence-corrected chi connectivity index (χ2v) is 8.48. The maximum Gasteiger partial charge on any atom is 0.278 e. The van der Waals surface area contributed by atoms with Crippen LogP contribution in [-0.4, -0.2) is 32.9 Å². The molecule has 0 spiro atoms. The minimum atomic E-state index is -0.101. The summed E-state index contributed by atoms with van der Waals surface area (Å²) < 4.78 is 8.92. The number of nitrogens with one attached hydrogen (secondary N) is 1. The van der Waals surface area contributed by atoms with E-state index in [-0.39, 0.29) is 17.2 Å². The summed E-state index contributed by atoms with van der Waals surface area (Å²) in [5.74, 6) is 0.789. The lowest BCUT2D eigenvalue weighted by molar-refractivity contribution is -0.118. The highest BCUT2D eigenvalue weighted by atomic mass is 32.2. The number of ether oxygens (including phenoxy) is 1. The minimum Gasteiger partial charge on any atom is -0.497 e. The molecule has 0 saturated heterocycles. The summed E-state index contributed by atoms with van der Waals surface area (Å²) in [5, 5.41) is 4.34. The maximum atomic E-state index is 13.4. The average Bonchev–Trinajstić information content (AvgIpc) is 3.10. The summed E-state index contributed by atoms with van der Waals surface area (Å²) in [7, 11) is 3.49. The molecule has 166 valence electrons. The van der Waals surface area contributed by atoms with E-state index < -0.39 is 0 Å². The fourth-order valence-corrected chi connectivity index (χ4v) is 4.62. The fourth-order valence-electron chi connectivity index (χ4n) is 3.77. The molecule has 0 radical (unpaired) electrons. The van der Waals surface area contributed by atoms with E-state index in [2.05, 4.69) is 5.32 Å². The van der Waals surface area contributed by atoms with Gasteiger partial charge in [0.15, 0.2) is 5.16 Å². The topological polar surface area (TPSA) is 78.2 Å². The van der Waals surface area contributed by atoms with Gasteiger partial charge >= 0.3 is 0 Å². The van der Waals surface area contributed by atoms with Crippen LogP contribution in [0.25, 0.3) is 21.9 Å². The number of amides is 1. The van der Waals surface area contributed by atoms with Crippen molar-refractivity contribution in [2.45, 2.75) is 31.6 Å². The van der Waals surface area contributed by atoms with Crippen molar-refractivity contribution in [3.63, 3.8) is 0 Å². The summed E-state index contributed by atoms with van der Waals surface area (Å²) in [6.45, 7) is 3.03. The summed E-state index contributed by atoms with van der Waals surface area (Å²) >= 11 is 1.29. The van der Waals surface area contributed by atoms with Crippen molar-refractivity contribution in [2.24, 2.45) is 7.05 Å². The molecule has 4 aromatic rings. The Morgan fingerprint density at radius 3 is 2.69 bits per heavy atom. The van der Waals surface area contributed by atoms with Crippen LogP contribution < -0.4 is 15.6 Å². The van der Waals surface area contributed by atoms with Crippen molar-refractivity contribution in [2.75, 3.05) is 12.9 Å². The van der Waals surface area contributed by atoms with Crippen molar-refractivity contribution in [1.82, 2.24) is 19.4 Å². The maximum absolute atomic E-state index is 13.4. The first kappa shape index (κ1) is 22.0. The lowest BCUT2D eigenvalue weighted by atomic mass is 10.2. The smallest absolute Gasteiger partial charge is 0.278 e. The predicted octanol–water partition coefficient (Wildman–Crippen LogP) is 3.72. The van der Waals surface area contributed by atoms with E-state index in [1.807, 2.05) is 67.1 Å². The Kier molecular flexibility index (Phi) is 6.50. The van der Waals surface area contributed by atoms with Crippen LogP contribution in [0, 0.1) is 0 Å². The highest BCUT2D eigenvalue weighted by Crippen LogP contribution is 2.30. The molecule has 0 saturated carbocycles. The normalized spacial score (nSPS) is 11.2. The number of hydrogen-bond donors (Lipinski definition) is 1. The van der Waals surface area contributed by atoms with Crippen LogP contribution in [0.1, 0.15) is 18.9 Å². The molecule has 2 aromatic carbocycles. The minimum absolute atomic E-state index is 0.0956. The van der Waals surface area contributed by atoms with Crippen molar-refractivity contribution in [3.8, 4) is 5.75 Å². The standard InChI is InChI=1S/C24H26N4O3S/c1-4-12-28-23(30)22-21(18-13-17(31-3)10-11-19(18)27(22)2)26-24(28)32-15-20(29)25-14-16-8-6-5-7-9-16/h5-11,13H,4,12,14-15H2,1-3H3,(H,25,29). The van der Waals surface area contributed by atoms with Gasteiger partial charge in [-0.3, -0.25) is 14.2 Å². The molecule has 0 atom stereocenters. The summed E-state index contributed by atoms with van der Waals surface area (Å²) in [4.78, 5) is 30.7. The van der Waals surface area contributed by atoms with E-state index in [4.69, 9.17) is 9.72 Å². The summed E-state index contributed by atoms with van der Waals surface area (Å²) in [6, 6.07) is 15.5. The van der Waals surface area contributed by atoms with Gasteiger partial charge in [0, 0.05) is 25.5 Å². The molecular weight excluding hydrogens is 424 g/mol. The Morgan fingerprint density at radius 2 is 1.97 bits per heavy atom. The molecule has 1 N–H and O–H groups in total. The largest absolute Gasteiger partial charge is 0.497 e. The molecule has 4 rings (SSSR count). The number of thioether (sulfide) groups is 1. The quantitative estimate of drug-likeness (QED) is 0.327. The van der Waals surface area contributed by atoms with Crippen LogP contribution in [0.15, 0.2) is 58.5 Å². The van der Waals surface area contributed by atoms with E-state index in [1.54, 1.807) is 11.7 Å². The van der Waals surface area contributed by atoms with Gasteiger partial charge in [-0.25, -0.2) is 4.98 Å². The molecule has 8 heteroatoms. The molecule has 0 unspecified atom stereocenters. The third kappa shape index (κ3) is 4.23. The lowest BCUT2D eigenvalue weighted by Crippen LogP contribution is -2.27. The number of rotatable bonds is 8. The van der Waals surface area contributed by atoms with Gasteiger partial charge in [0.1, 0.15) is 16.8 Å². The van der Waals surface area contributed by atoms with Gasteiger partial charge in [-0.1, -0.05) is 49.0 Å². The molecule has 0 bridgehead atoms. The van der Waals surface area contributed by atoms with Gasteiger partial charge < -0.3 is 14.6 Å². The molecule has 1 amide bonds. The second kappa shape index (κ2) is 9.48.